The lowest BCUT2D eigenvalue weighted by atomic mass is 9.96. The smallest absolute Gasteiger partial charge is 0.168 e. The minimum Gasteiger partial charge on any atom is -0.394 e. The van der Waals surface area contributed by atoms with Crippen LogP contribution in [-0.4, -0.2) is 84.3 Å². The van der Waals surface area contributed by atoms with Gasteiger partial charge in [0.15, 0.2) is 29.0 Å². The molecule has 2 aromatic heterocycles. The molecule has 0 amide bonds. The van der Waals surface area contributed by atoms with Crippen molar-refractivity contribution in [1.29, 1.82) is 0 Å². The van der Waals surface area contributed by atoms with Gasteiger partial charge in [0.2, 0.25) is 0 Å². The summed E-state index contributed by atoms with van der Waals surface area (Å²) in [4.78, 5) is 12.8. The molecule has 2 fully saturated rings. The van der Waals surface area contributed by atoms with Crippen LogP contribution in [0.25, 0.3) is 11.2 Å². The lowest BCUT2D eigenvalue weighted by molar-refractivity contribution is -0.136. The fourth-order valence-electron chi connectivity index (χ4n) is 3.62. The van der Waals surface area contributed by atoms with Crippen molar-refractivity contribution in [3.05, 3.63) is 12.7 Å². The molecule has 0 saturated carbocycles. The quantitative estimate of drug-likeness (QED) is 0.517. The summed E-state index contributed by atoms with van der Waals surface area (Å²) in [5, 5.41) is 33.5. The fraction of sp³-hybridized carbons (Fsp3) is 0.706. The van der Waals surface area contributed by atoms with E-state index in [1.165, 1.54) is 24.1 Å². The summed E-state index contributed by atoms with van der Waals surface area (Å²) in [6, 6.07) is 0. The van der Waals surface area contributed by atoms with E-state index in [-0.39, 0.29) is 6.10 Å². The van der Waals surface area contributed by atoms with Gasteiger partial charge in [-0.3, -0.25) is 4.57 Å². The Morgan fingerprint density at radius 1 is 1.29 bits per heavy atom. The lowest BCUT2D eigenvalue weighted by Gasteiger charge is -2.27. The molecule has 2 aliphatic rings. The summed E-state index contributed by atoms with van der Waals surface area (Å²) in [5.41, 5.74) is -0.709. The highest BCUT2D eigenvalue weighted by Crippen LogP contribution is 2.39. The van der Waals surface area contributed by atoms with E-state index in [0.29, 0.717) is 30.1 Å². The molecule has 5 atom stereocenters. The van der Waals surface area contributed by atoms with E-state index in [2.05, 4.69) is 20.3 Å². The maximum Gasteiger partial charge on any atom is 0.168 e. The van der Waals surface area contributed by atoms with Crippen molar-refractivity contribution in [2.45, 2.75) is 56.7 Å². The Labute approximate surface area is 161 Å². The first-order valence-corrected chi connectivity index (χ1v) is 9.13. The second-order valence-corrected chi connectivity index (χ2v) is 7.76. The van der Waals surface area contributed by atoms with Gasteiger partial charge in [0.05, 0.1) is 19.5 Å². The molecule has 4 rings (SSSR count). The zero-order chi connectivity index (χ0) is 20.1. The van der Waals surface area contributed by atoms with Gasteiger partial charge in [0, 0.05) is 6.54 Å². The van der Waals surface area contributed by atoms with Gasteiger partial charge in [-0.25, -0.2) is 15.0 Å². The van der Waals surface area contributed by atoms with Gasteiger partial charge in [0.1, 0.15) is 30.2 Å². The second kappa shape index (κ2) is 6.87. The van der Waals surface area contributed by atoms with Crippen molar-refractivity contribution >= 4 is 17.0 Å². The van der Waals surface area contributed by atoms with Gasteiger partial charge >= 0.3 is 0 Å². The summed E-state index contributed by atoms with van der Waals surface area (Å²) >= 11 is 0. The number of aromatic nitrogens is 4. The Hall–Kier alpha value is -1.89. The van der Waals surface area contributed by atoms with Crippen molar-refractivity contribution in [3.63, 3.8) is 0 Å². The highest BCUT2D eigenvalue weighted by Gasteiger charge is 2.53. The molecule has 11 heteroatoms. The number of nitrogens with zero attached hydrogens (tertiary/aromatic N) is 4. The molecule has 0 aromatic carbocycles. The van der Waals surface area contributed by atoms with E-state index >= 15 is 0 Å². The molecule has 2 saturated heterocycles. The third kappa shape index (κ3) is 3.23. The third-order valence-corrected chi connectivity index (χ3v) is 5.11. The molecular weight excluding hydrogens is 370 g/mol. The van der Waals surface area contributed by atoms with E-state index in [1.54, 1.807) is 0 Å². The van der Waals surface area contributed by atoms with Gasteiger partial charge in [-0.15, -0.1) is 0 Å². The molecule has 4 N–H and O–H groups in total. The van der Waals surface area contributed by atoms with Crippen LogP contribution < -0.4 is 5.32 Å². The highest BCUT2D eigenvalue weighted by atomic mass is 16.7. The number of ether oxygens (including phenoxy) is 3. The fourth-order valence-corrected chi connectivity index (χ4v) is 3.62. The number of hydrogen-bond acceptors (Lipinski definition) is 10. The zero-order valence-electron chi connectivity index (χ0n) is 15.9. The van der Waals surface area contributed by atoms with Crippen LogP contribution in [0, 0.1) is 0 Å². The number of aliphatic hydroxyl groups excluding tert-OH is 2. The molecule has 4 heterocycles. The molecule has 28 heavy (non-hydrogen) atoms. The van der Waals surface area contributed by atoms with Crippen LogP contribution in [0.1, 0.15) is 27.0 Å². The molecule has 2 aromatic rings. The number of aliphatic hydroxyl groups is 3. The normalized spacial score (nSPS) is 34.9. The minimum atomic E-state index is -1.62. The molecule has 5 unspecified atom stereocenters. The van der Waals surface area contributed by atoms with Crippen LogP contribution in [0.4, 0.5) is 5.82 Å². The summed E-state index contributed by atoms with van der Waals surface area (Å²) in [6.07, 6.45) is -0.389. The first kappa shape index (κ1) is 19.4. The van der Waals surface area contributed by atoms with Crippen LogP contribution in [0.3, 0.4) is 0 Å². The summed E-state index contributed by atoms with van der Waals surface area (Å²) < 4.78 is 18.5. The molecule has 11 nitrogen and oxygen atoms in total. The number of anilines is 1. The molecule has 0 radical (unpaired) electrons. The average Bonchev–Trinajstić information content (AvgIpc) is 3.29. The Morgan fingerprint density at radius 2 is 2.07 bits per heavy atom. The molecular formula is C17H25N5O6. The predicted molar refractivity (Wildman–Crippen MR) is 96.3 cm³/mol. The highest BCUT2D eigenvalue weighted by molar-refractivity contribution is 5.82. The van der Waals surface area contributed by atoms with Crippen LogP contribution in [0.15, 0.2) is 12.7 Å². The molecule has 0 bridgehead atoms. The Morgan fingerprint density at radius 3 is 2.71 bits per heavy atom. The summed E-state index contributed by atoms with van der Waals surface area (Å²) in [7, 11) is 0. The van der Waals surface area contributed by atoms with Gasteiger partial charge in [0.25, 0.3) is 0 Å². The van der Waals surface area contributed by atoms with E-state index < -0.39 is 36.4 Å². The van der Waals surface area contributed by atoms with E-state index in [1.807, 2.05) is 13.8 Å². The maximum atomic E-state index is 10.7. The molecule has 2 aliphatic heterocycles. The number of fused-ring (bicyclic) bond motifs is 1. The van der Waals surface area contributed by atoms with Crippen molar-refractivity contribution in [2.24, 2.45) is 0 Å². The third-order valence-electron chi connectivity index (χ3n) is 5.11. The van der Waals surface area contributed by atoms with Crippen molar-refractivity contribution in [2.75, 3.05) is 25.1 Å². The first-order chi connectivity index (χ1) is 13.2. The van der Waals surface area contributed by atoms with E-state index in [9.17, 15) is 15.3 Å². The van der Waals surface area contributed by atoms with Crippen LogP contribution in [0.5, 0.6) is 0 Å². The van der Waals surface area contributed by atoms with E-state index in [0.717, 1.165) is 0 Å². The Kier molecular flexibility index (Phi) is 4.76. The van der Waals surface area contributed by atoms with Crippen molar-refractivity contribution < 1.29 is 29.5 Å². The Balaban J connectivity index is 1.57. The van der Waals surface area contributed by atoms with Crippen LogP contribution in [0.2, 0.25) is 0 Å². The second-order valence-electron chi connectivity index (χ2n) is 7.76. The van der Waals surface area contributed by atoms with Gasteiger partial charge in [-0.2, -0.15) is 0 Å². The van der Waals surface area contributed by atoms with E-state index in [4.69, 9.17) is 14.2 Å². The average molecular weight is 395 g/mol. The van der Waals surface area contributed by atoms with Gasteiger partial charge < -0.3 is 34.8 Å². The van der Waals surface area contributed by atoms with Gasteiger partial charge in [-0.1, -0.05) is 0 Å². The topological polar surface area (TPSA) is 144 Å². The summed E-state index contributed by atoms with van der Waals surface area (Å²) in [5.74, 6) is -0.0985. The van der Waals surface area contributed by atoms with Crippen molar-refractivity contribution in [1.82, 2.24) is 19.5 Å². The van der Waals surface area contributed by atoms with Crippen LogP contribution >= 0.6 is 0 Å². The van der Waals surface area contributed by atoms with Crippen LogP contribution in [-0.2, 0) is 14.2 Å². The number of imidazole rings is 1. The number of rotatable bonds is 5. The molecule has 154 valence electrons. The standard InChI is InChI=1S/C17H25N5O6/c1-16(2)26-6-9(28-16)4-18-13-11-14(20-7-19-13)22(8-21-11)15-17(3,25)12(24)10(5-23)27-15/h7-10,12,15,23-25H,4-6H2,1-3H3,(H,18,19,20). The first-order valence-electron chi connectivity index (χ1n) is 9.13. The number of nitrogens with one attached hydrogen (secondary N) is 1. The zero-order valence-corrected chi connectivity index (χ0v) is 15.9. The monoisotopic (exact) mass is 395 g/mol. The lowest BCUT2D eigenvalue weighted by Crippen LogP contribution is -2.44. The van der Waals surface area contributed by atoms with Gasteiger partial charge in [-0.05, 0) is 20.8 Å². The molecule has 0 spiro atoms. The molecule has 0 aliphatic carbocycles. The maximum absolute atomic E-state index is 10.7. The summed E-state index contributed by atoms with van der Waals surface area (Å²) in [6.45, 7) is 5.71. The minimum absolute atomic E-state index is 0.124. The van der Waals surface area contributed by atoms with Crippen molar-refractivity contribution in [3.8, 4) is 0 Å². The number of hydrogen-bond donors (Lipinski definition) is 4. The SMILES string of the molecule is CC1(C)OCC(CNc2ncnc3c2ncn3C2OC(CO)C(O)C2(C)O)O1. The predicted octanol–water partition coefficient (Wildman–Crippen LogP) is -0.609. The largest absolute Gasteiger partial charge is 0.394 e. The Bertz CT molecular complexity index is 856.